The molecule has 0 unspecified atom stereocenters. The van der Waals surface area contributed by atoms with Crippen LogP contribution in [0.3, 0.4) is 0 Å². The van der Waals surface area contributed by atoms with Gasteiger partial charge >= 0.3 is 0 Å². The summed E-state index contributed by atoms with van der Waals surface area (Å²) in [6.07, 6.45) is 6.02. The molecular formula is C14H24N4O2S. The molecule has 0 bridgehead atoms. The Labute approximate surface area is 126 Å². The lowest BCUT2D eigenvalue weighted by Gasteiger charge is -2.24. The first kappa shape index (κ1) is 16.1. The predicted molar refractivity (Wildman–Crippen MR) is 85.6 cm³/mol. The van der Waals surface area contributed by atoms with E-state index in [0.29, 0.717) is 11.7 Å². The Morgan fingerprint density at radius 1 is 1.19 bits per heavy atom. The maximum Gasteiger partial charge on any atom is 0.240 e. The smallest absolute Gasteiger partial charge is 0.240 e. The van der Waals surface area contributed by atoms with E-state index in [1.165, 1.54) is 25.3 Å². The molecule has 1 aliphatic carbocycles. The average molecular weight is 312 g/mol. The molecule has 6 N–H and O–H groups in total. The maximum absolute atomic E-state index is 12.0. The van der Waals surface area contributed by atoms with Gasteiger partial charge in [0.1, 0.15) is 0 Å². The summed E-state index contributed by atoms with van der Waals surface area (Å²) in [6, 6.07) is 5.23. The van der Waals surface area contributed by atoms with Gasteiger partial charge in [0.05, 0.1) is 16.3 Å². The van der Waals surface area contributed by atoms with E-state index in [2.05, 4.69) is 10.0 Å². The van der Waals surface area contributed by atoms with Gasteiger partial charge in [-0.25, -0.2) is 13.1 Å². The number of nitrogens with one attached hydrogen (secondary N) is 2. The summed E-state index contributed by atoms with van der Waals surface area (Å²) in [7, 11) is -3.53. The minimum absolute atomic E-state index is 0.169. The fourth-order valence-corrected chi connectivity index (χ4v) is 3.67. The van der Waals surface area contributed by atoms with E-state index in [1.807, 2.05) is 0 Å². The summed E-state index contributed by atoms with van der Waals surface area (Å²) >= 11 is 0. The first-order valence-corrected chi connectivity index (χ1v) is 8.87. The molecule has 0 radical (unpaired) electrons. The van der Waals surface area contributed by atoms with Crippen LogP contribution >= 0.6 is 0 Å². The van der Waals surface area contributed by atoms with Crippen LogP contribution in [0.15, 0.2) is 23.1 Å². The van der Waals surface area contributed by atoms with Crippen LogP contribution in [0.1, 0.15) is 32.1 Å². The van der Waals surface area contributed by atoms with E-state index >= 15 is 0 Å². The second-order valence-electron chi connectivity index (χ2n) is 5.41. The zero-order chi connectivity index (χ0) is 15.3. The van der Waals surface area contributed by atoms with Gasteiger partial charge in [0, 0.05) is 19.1 Å². The van der Waals surface area contributed by atoms with E-state index in [0.717, 1.165) is 18.5 Å². The summed E-state index contributed by atoms with van der Waals surface area (Å²) < 4.78 is 26.4. The van der Waals surface area contributed by atoms with Crippen molar-refractivity contribution < 1.29 is 8.42 Å². The number of nitrogens with two attached hydrogens (primary N) is 2. The van der Waals surface area contributed by atoms with Crippen LogP contribution < -0.4 is 21.5 Å². The SMILES string of the molecule is NCCNS(=O)(=O)c1ccc(NC2CCCCC2)c(N)c1. The quantitative estimate of drug-likeness (QED) is 0.591. The van der Waals surface area contributed by atoms with Crippen LogP contribution in [-0.2, 0) is 10.0 Å². The summed E-state index contributed by atoms with van der Waals surface area (Å²) in [4.78, 5) is 0.169. The zero-order valence-corrected chi connectivity index (χ0v) is 13.0. The number of rotatable bonds is 6. The lowest BCUT2D eigenvalue weighted by atomic mass is 9.95. The van der Waals surface area contributed by atoms with Gasteiger partial charge in [-0.1, -0.05) is 19.3 Å². The highest BCUT2D eigenvalue weighted by Crippen LogP contribution is 2.27. The van der Waals surface area contributed by atoms with E-state index in [-0.39, 0.29) is 18.0 Å². The first-order valence-electron chi connectivity index (χ1n) is 7.39. The highest BCUT2D eigenvalue weighted by Gasteiger charge is 2.17. The van der Waals surface area contributed by atoms with Crippen LogP contribution in [0, 0.1) is 0 Å². The number of sulfonamides is 1. The van der Waals surface area contributed by atoms with Gasteiger partial charge in [-0.05, 0) is 31.0 Å². The second-order valence-corrected chi connectivity index (χ2v) is 7.18. The zero-order valence-electron chi connectivity index (χ0n) is 12.1. The van der Waals surface area contributed by atoms with Crippen molar-refractivity contribution in [2.45, 2.75) is 43.0 Å². The molecule has 1 aliphatic rings. The molecule has 1 aromatic carbocycles. The number of hydrogen-bond donors (Lipinski definition) is 4. The average Bonchev–Trinajstić information content (AvgIpc) is 2.48. The molecule has 2 rings (SSSR count). The Kier molecular flexibility index (Phi) is 5.44. The molecule has 118 valence electrons. The fourth-order valence-electron chi connectivity index (χ4n) is 2.58. The van der Waals surface area contributed by atoms with Gasteiger partial charge in [0.25, 0.3) is 0 Å². The Bertz CT molecular complexity index is 568. The summed E-state index contributed by atoms with van der Waals surface area (Å²) in [5, 5.41) is 3.41. The van der Waals surface area contributed by atoms with E-state index in [4.69, 9.17) is 11.5 Å². The Hall–Kier alpha value is -1.31. The molecule has 21 heavy (non-hydrogen) atoms. The lowest BCUT2D eigenvalue weighted by Crippen LogP contribution is -2.29. The van der Waals surface area contributed by atoms with Gasteiger partial charge in [0.15, 0.2) is 0 Å². The largest absolute Gasteiger partial charge is 0.397 e. The van der Waals surface area contributed by atoms with Crippen LogP contribution in [0.25, 0.3) is 0 Å². The summed E-state index contributed by atoms with van der Waals surface area (Å²) in [6.45, 7) is 0.473. The molecule has 0 spiro atoms. The molecule has 0 aromatic heterocycles. The van der Waals surface area contributed by atoms with Crippen molar-refractivity contribution in [2.75, 3.05) is 24.1 Å². The summed E-state index contributed by atoms with van der Waals surface area (Å²) in [5.74, 6) is 0. The molecule has 0 aliphatic heterocycles. The molecule has 0 saturated heterocycles. The molecule has 0 amide bonds. The van der Waals surface area contributed by atoms with Gasteiger partial charge in [-0.15, -0.1) is 0 Å². The predicted octanol–water partition coefficient (Wildman–Crippen LogP) is 1.25. The van der Waals surface area contributed by atoms with Gasteiger partial charge in [-0.2, -0.15) is 0 Å². The van der Waals surface area contributed by atoms with Crippen LogP contribution in [0.2, 0.25) is 0 Å². The molecule has 1 saturated carbocycles. The van der Waals surface area contributed by atoms with Crippen molar-refractivity contribution in [2.24, 2.45) is 5.73 Å². The van der Waals surface area contributed by atoms with Gasteiger partial charge in [-0.3, -0.25) is 0 Å². The van der Waals surface area contributed by atoms with Crippen molar-refractivity contribution in [3.8, 4) is 0 Å². The highest BCUT2D eigenvalue weighted by molar-refractivity contribution is 7.89. The number of hydrogen-bond acceptors (Lipinski definition) is 5. The third-order valence-corrected chi connectivity index (χ3v) is 5.19. The van der Waals surface area contributed by atoms with Gasteiger partial charge in [0.2, 0.25) is 10.0 Å². The summed E-state index contributed by atoms with van der Waals surface area (Å²) in [5.41, 5.74) is 12.6. The lowest BCUT2D eigenvalue weighted by molar-refractivity contribution is 0.463. The van der Waals surface area contributed by atoms with Gasteiger partial charge < -0.3 is 16.8 Å². The standard InChI is InChI=1S/C14H24N4O2S/c15-8-9-17-21(19,20)12-6-7-14(13(16)10-12)18-11-4-2-1-3-5-11/h6-7,10-11,17-18H,1-5,8-9,15-16H2. The van der Waals surface area contributed by atoms with Crippen molar-refractivity contribution in [1.82, 2.24) is 4.72 Å². The van der Waals surface area contributed by atoms with Crippen molar-refractivity contribution in [3.05, 3.63) is 18.2 Å². The molecule has 1 aromatic rings. The van der Waals surface area contributed by atoms with Crippen LogP contribution in [0.4, 0.5) is 11.4 Å². The molecule has 0 heterocycles. The fraction of sp³-hybridized carbons (Fsp3) is 0.571. The third kappa shape index (κ3) is 4.33. The molecule has 7 heteroatoms. The Morgan fingerprint density at radius 3 is 2.52 bits per heavy atom. The molecular weight excluding hydrogens is 288 g/mol. The molecule has 1 fully saturated rings. The van der Waals surface area contributed by atoms with E-state index in [1.54, 1.807) is 12.1 Å². The third-order valence-electron chi connectivity index (χ3n) is 3.73. The minimum atomic E-state index is -3.53. The first-order chi connectivity index (χ1) is 10.0. The van der Waals surface area contributed by atoms with E-state index < -0.39 is 10.0 Å². The van der Waals surface area contributed by atoms with Crippen molar-refractivity contribution in [1.29, 1.82) is 0 Å². The van der Waals surface area contributed by atoms with Crippen LogP contribution in [-0.4, -0.2) is 27.5 Å². The Balaban J connectivity index is 2.09. The van der Waals surface area contributed by atoms with Crippen molar-refractivity contribution in [3.63, 3.8) is 0 Å². The normalized spacial score (nSPS) is 16.8. The Morgan fingerprint density at radius 2 is 1.90 bits per heavy atom. The second kappa shape index (κ2) is 7.11. The molecule has 6 nitrogen and oxygen atoms in total. The highest BCUT2D eigenvalue weighted by atomic mass is 32.2. The maximum atomic E-state index is 12.0. The van der Waals surface area contributed by atoms with E-state index in [9.17, 15) is 8.42 Å². The topological polar surface area (TPSA) is 110 Å². The number of nitrogen functional groups attached to an aromatic ring is 1. The number of anilines is 2. The monoisotopic (exact) mass is 312 g/mol. The van der Waals surface area contributed by atoms with Crippen molar-refractivity contribution >= 4 is 21.4 Å². The molecule has 0 atom stereocenters. The number of benzene rings is 1. The van der Waals surface area contributed by atoms with Crippen LogP contribution in [0.5, 0.6) is 0 Å². The minimum Gasteiger partial charge on any atom is -0.397 e.